The molecule has 1 N–H and O–H groups in total. The molecule has 0 saturated carbocycles. The monoisotopic (exact) mass is 204 g/mol. The molecule has 0 rings (SSSR count). The summed E-state index contributed by atoms with van der Waals surface area (Å²) in [6, 6.07) is 0. The predicted octanol–water partition coefficient (Wildman–Crippen LogP) is 1.95. The van der Waals surface area contributed by atoms with Crippen molar-refractivity contribution >= 4 is 6.16 Å². The minimum Gasteiger partial charge on any atom is -0.450 e. The molecule has 0 spiro atoms. The average Bonchev–Trinajstić information content (AvgIpc) is 2.13. The molecule has 1 atom stereocenters. The maximum atomic E-state index is 10.3. The lowest BCUT2D eigenvalue weighted by Crippen LogP contribution is -2.51. The Hall–Kier alpha value is -0.770. The van der Waals surface area contributed by atoms with Crippen LogP contribution in [0.25, 0.3) is 0 Å². The van der Waals surface area contributed by atoms with Gasteiger partial charge in [-0.3, -0.25) is 0 Å². The van der Waals surface area contributed by atoms with Crippen LogP contribution in [0.15, 0.2) is 0 Å². The minimum atomic E-state index is -1.18. The van der Waals surface area contributed by atoms with Crippen molar-refractivity contribution < 1.29 is 19.1 Å². The third kappa shape index (κ3) is 3.96. The number of likely N-dealkylation sites (N-methyl/N-ethyl adjacent to an activating group) is 1. The summed E-state index contributed by atoms with van der Waals surface area (Å²) in [5.74, 6) is 0. The van der Waals surface area contributed by atoms with Crippen molar-refractivity contribution in [2.45, 2.75) is 33.8 Å². The highest BCUT2D eigenvalue weighted by Crippen LogP contribution is 2.09. The van der Waals surface area contributed by atoms with Crippen molar-refractivity contribution in [2.24, 2.45) is 0 Å². The van der Waals surface area contributed by atoms with E-state index >= 15 is 0 Å². The topological polar surface area (TPSA) is 46.5 Å². The molecule has 0 aliphatic carbocycles. The number of hydrogen-bond donors (Lipinski definition) is 1. The zero-order valence-corrected chi connectivity index (χ0v) is 9.62. The lowest BCUT2D eigenvalue weighted by molar-refractivity contribution is -0.925. The fourth-order valence-corrected chi connectivity index (χ4v) is 1.81. The first-order chi connectivity index (χ1) is 6.49. The van der Waals surface area contributed by atoms with Gasteiger partial charge in [0.25, 0.3) is 0 Å². The summed E-state index contributed by atoms with van der Waals surface area (Å²) >= 11 is 0. The van der Waals surface area contributed by atoms with E-state index in [2.05, 4.69) is 20.8 Å². The average molecular weight is 204 g/mol. The molecule has 0 aromatic heterocycles. The van der Waals surface area contributed by atoms with Gasteiger partial charge in [0, 0.05) is 0 Å². The molecule has 0 amide bonds. The van der Waals surface area contributed by atoms with Crippen LogP contribution in [0.2, 0.25) is 0 Å². The van der Waals surface area contributed by atoms with Crippen LogP contribution in [-0.2, 0) is 4.74 Å². The Morgan fingerprint density at radius 1 is 1.29 bits per heavy atom. The Morgan fingerprint density at radius 3 is 2.00 bits per heavy atom. The van der Waals surface area contributed by atoms with Crippen LogP contribution in [0.5, 0.6) is 0 Å². The first-order valence-electron chi connectivity index (χ1n) is 5.24. The molecular weight excluding hydrogens is 182 g/mol. The molecule has 0 saturated heterocycles. The number of carbonyl (C=O) groups is 1. The quantitative estimate of drug-likeness (QED) is 0.531. The first kappa shape index (κ1) is 13.2. The van der Waals surface area contributed by atoms with Crippen molar-refractivity contribution in [1.82, 2.24) is 0 Å². The van der Waals surface area contributed by atoms with Crippen LogP contribution in [0, 0.1) is 0 Å². The van der Waals surface area contributed by atoms with Crippen molar-refractivity contribution in [1.29, 1.82) is 0 Å². The number of quaternary nitrogens is 1. The summed E-state index contributed by atoms with van der Waals surface area (Å²) in [5, 5.41) is 8.47. The Bertz CT molecular complexity index is 170. The number of carboxylic acid groups (broad SMARTS) is 1. The smallest absolute Gasteiger partial charge is 0.450 e. The maximum absolute atomic E-state index is 10.3. The second-order valence-electron chi connectivity index (χ2n) is 3.67. The molecule has 14 heavy (non-hydrogen) atoms. The minimum absolute atomic E-state index is 0.229. The fraction of sp³-hybridized carbons (Fsp3) is 0.900. The van der Waals surface area contributed by atoms with Crippen LogP contribution >= 0.6 is 0 Å². The van der Waals surface area contributed by atoms with E-state index in [1.165, 1.54) is 0 Å². The van der Waals surface area contributed by atoms with E-state index in [4.69, 9.17) is 9.84 Å². The SMILES string of the molecule is CC[N+](CC)(CC)CC(C)OC(=O)O. The molecule has 0 fully saturated rings. The van der Waals surface area contributed by atoms with E-state index in [0.29, 0.717) is 0 Å². The van der Waals surface area contributed by atoms with E-state index in [0.717, 1.165) is 30.7 Å². The Kier molecular flexibility index (Phi) is 5.53. The van der Waals surface area contributed by atoms with Gasteiger partial charge in [0.05, 0.1) is 19.6 Å². The van der Waals surface area contributed by atoms with Crippen LogP contribution < -0.4 is 0 Å². The summed E-state index contributed by atoms with van der Waals surface area (Å²) in [7, 11) is 0. The van der Waals surface area contributed by atoms with Gasteiger partial charge in [-0.05, 0) is 27.7 Å². The zero-order valence-electron chi connectivity index (χ0n) is 9.62. The molecule has 4 nitrogen and oxygen atoms in total. The van der Waals surface area contributed by atoms with Gasteiger partial charge in [0.2, 0.25) is 0 Å². The molecule has 0 heterocycles. The molecule has 0 aliphatic rings. The van der Waals surface area contributed by atoms with E-state index in [1.54, 1.807) is 0 Å². The number of rotatable bonds is 6. The van der Waals surface area contributed by atoms with Gasteiger partial charge in [-0.15, -0.1) is 0 Å². The van der Waals surface area contributed by atoms with Crippen molar-refractivity contribution in [3.8, 4) is 0 Å². The lowest BCUT2D eigenvalue weighted by Gasteiger charge is -2.37. The predicted molar refractivity (Wildman–Crippen MR) is 55.3 cm³/mol. The van der Waals surface area contributed by atoms with Crippen LogP contribution in [0.3, 0.4) is 0 Å². The Balaban J connectivity index is 4.21. The molecule has 0 aromatic rings. The normalized spacial score (nSPS) is 13.7. The Labute approximate surface area is 86.1 Å². The van der Waals surface area contributed by atoms with Gasteiger partial charge in [-0.1, -0.05) is 0 Å². The lowest BCUT2D eigenvalue weighted by atomic mass is 10.2. The highest BCUT2D eigenvalue weighted by atomic mass is 16.7. The molecule has 84 valence electrons. The van der Waals surface area contributed by atoms with Crippen LogP contribution in [0.1, 0.15) is 27.7 Å². The highest BCUT2D eigenvalue weighted by molar-refractivity contribution is 5.56. The third-order valence-corrected chi connectivity index (χ3v) is 2.96. The highest BCUT2D eigenvalue weighted by Gasteiger charge is 2.25. The van der Waals surface area contributed by atoms with Crippen molar-refractivity contribution in [2.75, 3.05) is 26.2 Å². The summed E-state index contributed by atoms with van der Waals surface area (Å²) < 4.78 is 5.62. The van der Waals surface area contributed by atoms with Crippen LogP contribution in [-0.4, -0.2) is 48.0 Å². The Morgan fingerprint density at radius 2 is 1.71 bits per heavy atom. The van der Waals surface area contributed by atoms with E-state index in [-0.39, 0.29) is 6.10 Å². The fourth-order valence-electron chi connectivity index (χ4n) is 1.81. The van der Waals surface area contributed by atoms with Gasteiger partial charge in [0.15, 0.2) is 6.10 Å². The molecule has 0 aromatic carbocycles. The molecule has 1 unspecified atom stereocenters. The summed E-state index contributed by atoms with van der Waals surface area (Å²) in [5.41, 5.74) is 0. The van der Waals surface area contributed by atoms with Crippen LogP contribution in [0.4, 0.5) is 4.79 Å². The standard InChI is InChI=1S/C10H21NO3/c1-5-11(6-2,7-3)8-9(4)14-10(12)13/h9H,5-8H2,1-4H3/p+1. The van der Waals surface area contributed by atoms with E-state index in [9.17, 15) is 4.79 Å². The van der Waals surface area contributed by atoms with Gasteiger partial charge < -0.3 is 14.3 Å². The van der Waals surface area contributed by atoms with Gasteiger partial charge >= 0.3 is 6.16 Å². The molecule has 4 heteroatoms. The van der Waals surface area contributed by atoms with Gasteiger partial charge in [0.1, 0.15) is 6.54 Å². The number of nitrogens with zero attached hydrogens (tertiary/aromatic N) is 1. The largest absolute Gasteiger partial charge is 0.506 e. The van der Waals surface area contributed by atoms with E-state index < -0.39 is 6.16 Å². The summed E-state index contributed by atoms with van der Waals surface area (Å²) in [6.07, 6.45) is -1.41. The second kappa shape index (κ2) is 5.86. The third-order valence-electron chi connectivity index (χ3n) is 2.96. The summed E-state index contributed by atoms with van der Waals surface area (Å²) in [6.45, 7) is 12.0. The van der Waals surface area contributed by atoms with Crippen molar-refractivity contribution in [3.63, 3.8) is 0 Å². The van der Waals surface area contributed by atoms with Gasteiger partial charge in [-0.2, -0.15) is 0 Å². The second-order valence-corrected chi connectivity index (χ2v) is 3.67. The maximum Gasteiger partial charge on any atom is 0.506 e. The van der Waals surface area contributed by atoms with E-state index in [1.807, 2.05) is 6.92 Å². The van der Waals surface area contributed by atoms with Gasteiger partial charge in [-0.25, -0.2) is 4.79 Å². The zero-order chi connectivity index (χ0) is 11.2. The molecular formula is C10H22NO3+. The number of ether oxygens (including phenoxy) is 1. The molecule has 0 radical (unpaired) electrons. The number of hydrogen-bond acceptors (Lipinski definition) is 2. The van der Waals surface area contributed by atoms with Crippen molar-refractivity contribution in [3.05, 3.63) is 0 Å². The molecule has 0 bridgehead atoms. The molecule has 0 aliphatic heterocycles. The summed E-state index contributed by atoms with van der Waals surface area (Å²) in [4.78, 5) is 10.3. The first-order valence-corrected chi connectivity index (χ1v) is 5.24.